The lowest BCUT2D eigenvalue weighted by molar-refractivity contribution is 0.0953. The Morgan fingerprint density at radius 2 is 1.91 bits per heavy atom. The van der Waals surface area contributed by atoms with Crippen LogP contribution in [0.25, 0.3) is 0 Å². The molecule has 124 valence electrons. The molecule has 2 nitrogen and oxygen atoms in total. The third-order valence-corrected chi connectivity index (χ3v) is 9.67. The van der Waals surface area contributed by atoms with Crippen LogP contribution in [0.5, 0.6) is 0 Å². The summed E-state index contributed by atoms with van der Waals surface area (Å²) in [5.74, 6) is 0.204. The number of rotatable bonds is 6. The Kier molecular flexibility index (Phi) is 6.60. The molecule has 0 spiro atoms. The Morgan fingerprint density at radius 3 is 2.41 bits per heavy atom. The SMILES string of the molecule is Cc1cc(Br)ccc1C(=O)CC[C@@H](C)O[Si](C)(C)C(C)(C)C. The van der Waals surface area contributed by atoms with E-state index in [-0.39, 0.29) is 16.9 Å². The van der Waals surface area contributed by atoms with E-state index in [1.165, 1.54) is 0 Å². The molecule has 0 aliphatic heterocycles. The van der Waals surface area contributed by atoms with Crippen LogP contribution in [0.4, 0.5) is 0 Å². The number of halogens is 1. The quantitative estimate of drug-likeness (QED) is 0.435. The molecular weight excluding hydrogens is 356 g/mol. The van der Waals surface area contributed by atoms with Gasteiger partial charge in [-0.25, -0.2) is 0 Å². The Labute approximate surface area is 144 Å². The van der Waals surface area contributed by atoms with Gasteiger partial charge in [-0.05, 0) is 56.1 Å². The minimum atomic E-state index is -1.76. The highest BCUT2D eigenvalue weighted by Gasteiger charge is 2.38. The highest BCUT2D eigenvalue weighted by molar-refractivity contribution is 9.10. The van der Waals surface area contributed by atoms with E-state index in [0.717, 1.165) is 22.0 Å². The van der Waals surface area contributed by atoms with E-state index >= 15 is 0 Å². The van der Waals surface area contributed by atoms with Crippen LogP contribution in [0.3, 0.4) is 0 Å². The molecule has 1 aromatic rings. The van der Waals surface area contributed by atoms with Crippen molar-refractivity contribution < 1.29 is 9.22 Å². The van der Waals surface area contributed by atoms with Gasteiger partial charge in [-0.3, -0.25) is 4.79 Å². The van der Waals surface area contributed by atoms with E-state index in [4.69, 9.17) is 4.43 Å². The molecule has 4 heteroatoms. The minimum absolute atomic E-state index is 0.126. The second-order valence-corrected chi connectivity index (χ2v) is 13.3. The molecule has 0 fully saturated rings. The van der Waals surface area contributed by atoms with E-state index in [9.17, 15) is 4.79 Å². The van der Waals surface area contributed by atoms with Gasteiger partial charge in [0.15, 0.2) is 14.1 Å². The van der Waals surface area contributed by atoms with Gasteiger partial charge >= 0.3 is 0 Å². The molecule has 0 aromatic heterocycles. The average Bonchev–Trinajstić information content (AvgIpc) is 2.34. The van der Waals surface area contributed by atoms with Gasteiger partial charge in [-0.1, -0.05) is 42.8 Å². The Bertz CT molecular complexity index is 532. The summed E-state index contributed by atoms with van der Waals surface area (Å²) in [5, 5.41) is 0.202. The summed E-state index contributed by atoms with van der Waals surface area (Å²) in [6, 6.07) is 5.82. The fraction of sp³-hybridized carbons (Fsp3) is 0.611. The first-order chi connectivity index (χ1) is 9.94. The topological polar surface area (TPSA) is 26.3 Å². The monoisotopic (exact) mass is 384 g/mol. The molecule has 0 saturated carbocycles. The second kappa shape index (κ2) is 7.41. The molecule has 0 aliphatic rings. The lowest BCUT2D eigenvalue weighted by Gasteiger charge is -2.38. The maximum absolute atomic E-state index is 12.4. The van der Waals surface area contributed by atoms with E-state index < -0.39 is 8.32 Å². The largest absolute Gasteiger partial charge is 0.414 e. The molecule has 0 radical (unpaired) electrons. The maximum atomic E-state index is 12.4. The van der Waals surface area contributed by atoms with Crippen LogP contribution in [0, 0.1) is 6.92 Å². The first kappa shape index (κ1) is 19.6. The molecule has 1 aromatic carbocycles. The summed E-state index contributed by atoms with van der Waals surface area (Å²) < 4.78 is 7.33. The number of carbonyl (C=O) groups excluding carboxylic acids is 1. The van der Waals surface area contributed by atoms with Gasteiger partial charge in [-0.15, -0.1) is 0 Å². The smallest absolute Gasteiger partial charge is 0.192 e. The Morgan fingerprint density at radius 1 is 1.32 bits per heavy atom. The highest BCUT2D eigenvalue weighted by Crippen LogP contribution is 2.37. The van der Waals surface area contributed by atoms with Crippen molar-refractivity contribution in [2.24, 2.45) is 0 Å². The fourth-order valence-electron chi connectivity index (χ4n) is 2.15. The van der Waals surface area contributed by atoms with Crippen LogP contribution in [-0.2, 0) is 4.43 Å². The normalized spacial score (nSPS) is 14.0. The average molecular weight is 385 g/mol. The Hall–Kier alpha value is -0.453. The van der Waals surface area contributed by atoms with Crippen molar-refractivity contribution >= 4 is 30.0 Å². The summed E-state index contributed by atoms with van der Waals surface area (Å²) in [7, 11) is -1.76. The summed E-state index contributed by atoms with van der Waals surface area (Å²) >= 11 is 3.43. The Balaban J connectivity index is 2.61. The number of hydrogen-bond acceptors (Lipinski definition) is 2. The zero-order valence-electron chi connectivity index (χ0n) is 14.9. The molecule has 0 N–H and O–H groups in total. The van der Waals surface area contributed by atoms with Gasteiger partial charge < -0.3 is 4.43 Å². The van der Waals surface area contributed by atoms with Gasteiger partial charge in [0, 0.05) is 22.6 Å². The van der Waals surface area contributed by atoms with Crippen molar-refractivity contribution in [3.05, 3.63) is 33.8 Å². The minimum Gasteiger partial charge on any atom is -0.414 e. The van der Waals surface area contributed by atoms with Gasteiger partial charge in [0.2, 0.25) is 0 Å². The molecule has 1 atom stereocenters. The third kappa shape index (κ3) is 5.32. The van der Waals surface area contributed by atoms with E-state index in [1.807, 2.05) is 25.1 Å². The molecule has 0 bridgehead atoms. The maximum Gasteiger partial charge on any atom is 0.192 e. The predicted octanol–water partition coefficient (Wildman–Crippen LogP) is 6.13. The van der Waals surface area contributed by atoms with Crippen LogP contribution in [-0.4, -0.2) is 20.2 Å². The van der Waals surface area contributed by atoms with Crippen molar-refractivity contribution in [2.75, 3.05) is 0 Å². The number of benzene rings is 1. The van der Waals surface area contributed by atoms with Gasteiger partial charge in [0.05, 0.1) is 0 Å². The van der Waals surface area contributed by atoms with Crippen molar-refractivity contribution in [1.29, 1.82) is 0 Å². The molecule has 22 heavy (non-hydrogen) atoms. The van der Waals surface area contributed by atoms with Crippen molar-refractivity contribution in [1.82, 2.24) is 0 Å². The van der Waals surface area contributed by atoms with Crippen LogP contribution in [0.15, 0.2) is 22.7 Å². The molecule has 0 heterocycles. The highest BCUT2D eigenvalue weighted by atomic mass is 79.9. The molecule has 0 aliphatic carbocycles. The summed E-state index contributed by atoms with van der Waals surface area (Å²) in [6.07, 6.45) is 1.44. The first-order valence-electron chi connectivity index (χ1n) is 7.91. The zero-order valence-corrected chi connectivity index (χ0v) is 17.5. The van der Waals surface area contributed by atoms with Crippen LogP contribution < -0.4 is 0 Å². The number of hydrogen-bond donors (Lipinski definition) is 0. The molecular formula is C18H29BrO2Si. The summed E-state index contributed by atoms with van der Waals surface area (Å²) in [5.41, 5.74) is 1.85. The van der Waals surface area contributed by atoms with Gasteiger partial charge in [-0.2, -0.15) is 0 Å². The number of ketones is 1. The first-order valence-corrected chi connectivity index (χ1v) is 11.6. The number of Topliss-reactive ketones (excluding diaryl/α,β-unsaturated/α-hetero) is 1. The predicted molar refractivity (Wildman–Crippen MR) is 100 cm³/mol. The van der Waals surface area contributed by atoms with E-state index in [0.29, 0.717) is 6.42 Å². The van der Waals surface area contributed by atoms with Crippen LogP contribution in [0.1, 0.15) is 56.5 Å². The van der Waals surface area contributed by atoms with E-state index in [2.05, 4.69) is 56.7 Å². The molecule has 0 amide bonds. The van der Waals surface area contributed by atoms with Crippen molar-refractivity contribution in [3.63, 3.8) is 0 Å². The summed E-state index contributed by atoms with van der Waals surface area (Å²) in [6.45, 7) is 15.3. The van der Waals surface area contributed by atoms with Gasteiger partial charge in [0.1, 0.15) is 0 Å². The molecule has 0 saturated heterocycles. The number of carbonyl (C=O) groups is 1. The van der Waals surface area contributed by atoms with Gasteiger partial charge in [0.25, 0.3) is 0 Å². The zero-order chi connectivity index (χ0) is 17.1. The van der Waals surface area contributed by atoms with Crippen LogP contribution in [0.2, 0.25) is 18.1 Å². The number of aryl methyl sites for hydroxylation is 1. The fourth-order valence-corrected chi connectivity index (χ4v) is 4.10. The van der Waals surface area contributed by atoms with Crippen LogP contribution >= 0.6 is 15.9 Å². The lowest BCUT2D eigenvalue weighted by atomic mass is 10.0. The molecule has 1 rings (SSSR count). The third-order valence-electron chi connectivity index (χ3n) is 4.57. The van der Waals surface area contributed by atoms with Crippen molar-refractivity contribution in [3.8, 4) is 0 Å². The second-order valence-electron chi connectivity index (χ2n) is 7.61. The standard InChI is InChI=1S/C18H29BrO2Si/c1-13-12-15(19)9-10-16(13)17(20)11-8-14(2)21-22(6,7)18(3,4)5/h9-10,12,14H,8,11H2,1-7H3/t14-/m1/s1. The summed E-state index contributed by atoms with van der Waals surface area (Å²) in [4.78, 5) is 12.4. The lowest BCUT2D eigenvalue weighted by Crippen LogP contribution is -2.43. The van der Waals surface area contributed by atoms with E-state index in [1.54, 1.807) is 0 Å². The van der Waals surface area contributed by atoms with Crippen molar-refractivity contribution in [2.45, 2.75) is 71.7 Å². The molecule has 0 unspecified atom stereocenters.